The lowest BCUT2D eigenvalue weighted by atomic mass is 10.1. The van der Waals surface area contributed by atoms with Gasteiger partial charge in [0.15, 0.2) is 5.78 Å². The van der Waals surface area contributed by atoms with Crippen LogP contribution in [0.25, 0.3) is 0 Å². The summed E-state index contributed by atoms with van der Waals surface area (Å²) in [6.45, 7) is 1.83. The average molecular weight is 256 g/mol. The molecule has 0 amide bonds. The van der Waals surface area contributed by atoms with Crippen molar-refractivity contribution in [2.45, 2.75) is 13.0 Å². The molecule has 0 saturated heterocycles. The van der Waals surface area contributed by atoms with Crippen molar-refractivity contribution in [2.24, 2.45) is 5.73 Å². The van der Waals surface area contributed by atoms with Crippen LogP contribution in [0.5, 0.6) is 0 Å². The maximum Gasteiger partial charge on any atom is 0.195 e. The van der Waals surface area contributed by atoms with Crippen molar-refractivity contribution in [2.75, 3.05) is 0 Å². The number of hydrogen-bond donors (Lipinski definition) is 2. The largest absolute Gasteiger partial charge is 0.348 e. The number of nitrogens with zero attached hydrogens (tertiary/aromatic N) is 1. The van der Waals surface area contributed by atoms with E-state index in [0.717, 1.165) is 5.69 Å². The number of aromatic amines is 1. The van der Waals surface area contributed by atoms with E-state index in [1.54, 1.807) is 12.1 Å². The van der Waals surface area contributed by atoms with E-state index in [9.17, 15) is 4.79 Å². The van der Waals surface area contributed by atoms with E-state index in [1.807, 2.05) is 6.92 Å². The molecule has 2 heterocycles. The number of hydrogen-bond acceptors (Lipinski definition) is 4. The summed E-state index contributed by atoms with van der Waals surface area (Å²) in [6.07, 6.45) is 1.53. The molecular weight excluding hydrogens is 246 g/mol. The number of carbonyl (C=O) groups excluding carboxylic acids is 1. The van der Waals surface area contributed by atoms with Crippen LogP contribution in [0.4, 0.5) is 0 Å². The fourth-order valence-electron chi connectivity index (χ4n) is 1.41. The molecule has 0 aliphatic heterocycles. The van der Waals surface area contributed by atoms with Crippen LogP contribution in [-0.2, 0) is 0 Å². The normalized spacial score (nSPS) is 12.7. The number of aryl methyl sites for hydroxylation is 1. The van der Waals surface area contributed by atoms with Crippen molar-refractivity contribution in [3.8, 4) is 0 Å². The maximum atomic E-state index is 12.0. The molecule has 16 heavy (non-hydrogen) atoms. The van der Waals surface area contributed by atoms with Crippen LogP contribution < -0.4 is 5.73 Å². The number of rotatable bonds is 3. The van der Waals surface area contributed by atoms with Crippen LogP contribution in [-0.4, -0.2) is 15.8 Å². The topological polar surface area (TPSA) is 71.8 Å². The summed E-state index contributed by atoms with van der Waals surface area (Å²) in [5, 5.41) is 0. The van der Waals surface area contributed by atoms with Crippen LogP contribution in [0, 0.1) is 6.92 Å². The second-order valence-corrected chi connectivity index (χ2v) is 5.07. The summed E-state index contributed by atoms with van der Waals surface area (Å²) in [5.41, 5.74) is 7.24. The molecule has 0 radical (unpaired) electrons. The molecule has 2 aromatic rings. The quantitative estimate of drug-likeness (QED) is 0.827. The van der Waals surface area contributed by atoms with Gasteiger partial charge in [0.25, 0.3) is 0 Å². The number of thiophene rings is 1. The smallest absolute Gasteiger partial charge is 0.195 e. The number of imidazole rings is 1. The highest BCUT2D eigenvalue weighted by Crippen LogP contribution is 2.25. The first-order valence-electron chi connectivity index (χ1n) is 4.64. The van der Waals surface area contributed by atoms with Crippen LogP contribution in [0.2, 0.25) is 4.34 Å². The third kappa shape index (κ3) is 2.02. The third-order valence-corrected chi connectivity index (χ3v) is 3.51. The predicted octanol–water partition coefficient (Wildman–Crippen LogP) is 2.32. The van der Waals surface area contributed by atoms with E-state index in [-0.39, 0.29) is 5.78 Å². The number of nitrogens with one attached hydrogen (secondary N) is 1. The fourth-order valence-corrected chi connectivity index (χ4v) is 2.43. The summed E-state index contributed by atoms with van der Waals surface area (Å²) in [7, 11) is 0. The lowest BCUT2D eigenvalue weighted by molar-refractivity contribution is 0.0963. The van der Waals surface area contributed by atoms with Gasteiger partial charge in [0.05, 0.1) is 21.2 Å². The molecule has 1 unspecified atom stereocenters. The molecule has 1 atom stereocenters. The Morgan fingerprint density at radius 2 is 2.38 bits per heavy atom. The van der Waals surface area contributed by atoms with Crippen molar-refractivity contribution in [3.63, 3.8) is 0 Å². The Bertz CT molecular complexity index is 520. The highest BCUT2D eigenvalue weighted by atomic mass is 35.5. The number of nitrogens with two attached hydrogens (primary N) is 1. The van der Waals surface area contributed by atoms with Gasteiger partial charge in [-0.05, 0) is 19.1 Å². The van der Waals surface area contributed by atoms with Gasteiger partial charge in [-0.25, -0.2) is 4.98 Å². The zero-order chi connectivity index (χ0) is 11.7. The van der Waals surface area contributed by atoms with Crippen molar-refractivity contribution in [1.29, 1.82) is 0 Å². The summed E-state index contributed by atoms with van der Waals surface area (Å²) < 4.78 is 0.578. The van der Waals surface area contributed by atoms with Gasteiger partial charge in [-0.2, -0.15) is 0 Å². The first kappa shape index (κ1) is 11.3. The van der Waals surface area contributed by atoms with E-state index < -0.39 is 6.04 Å². The molecule has 0 aliphatic rings. The third-order valence-electron chi connectivity index (χ3n) is 2.26. The van der Waals surface area contributed by atoms with Crippen molar-refractivity contribution in [1.82, 2.24) is 9.97 Å². The molecule has 0 aliphatic carbocycles. The van der Waals surface area contributed by atoms with Gasteiger partial charge >= 0.3 is 0 Å². The van der Waals surface area contributed by atoms with Crippen molar-refractivity contribution in [3.05, 3.63) is 39.1 Å². The van der Waals surface area contributed by atoms with Gasteiger partial charge in [0.2, 0.25) is 0 Å². The average Bonchev–Trinajstić information content (AvgIpc) is 2.85. The lowest BCUT2D eigenvalue weighted by Crippen LogP contribution is -2.22. The molecular formula is C10H10ClN3OS. The van der Waals surface area contributed by atoms with E-state index in [0.29, 0.717) is 14.9 Å². The van der Waals surface area contributed by atoms with E-state index in [4.69, 9.17) is 17.3 Å². The maximum absolute atomic E-state index is 12.0. The zero-order valence-corrected chi connectivity index (χ0v) is 10.1. The Hall–Kier alpha value is -1.17. The lowest BCUT2D eigenvalue weighted by Gasteiger charge is -2.07. The Labute approximate surface area is 101 Å². The minimum Gasteiger partial charge on any atom is -0.348 e. The number of aromatic nitrogens is 2. The Balaban J connectivity index is 2.26. The van der Waals surface area contributed by atoms with Gasteiger partial charge in [0.1, 0.15) is 6.04 Å². The Morgan fingerprint density at radius 1 is 1.62 bits per heavy atom. The van der Waals surface area contributed by atoms with Crippen LogP contribution >= 0.6 is 22.9 Å². The van der Waals surface area contributed by atoms with Crippen LogP contribution in [0.1, 0.15) is 27.1 Å². The number of ketones is 1. The highest BCUT2D eigenvalue weighted by Gasteiger charge is 2.22. The van der Waals surface area contributed by atoms with Gasteiger partial charge in [-0.1, -0.05) is 11.6 Å². The molecule has 2 rings (SSSR count). The molecule has 0 aromatic carbocycles. The molecule has 0 saturated carbocycles. The standard InChI is InChI=1S/C10H10ClN3OS/c1-5-9(14-4-13-5)8(12)10(15)6-2-3-7(11)16-6/h2-4,8H,12H2,1H3,(H,13,14). The van der Waals surface area contributed by atoms with Gasteiger partial charge in [0, 0.05) is 5.69 Å². The van der Waals surface area contributed by atoms with Crippen molar-refractivity contribution >= 4 is 28.7 Å². The summed E-state index contributed by atoms with van der Waals surface area (Å²) in [4.78, 5) is 19.5. The predicted molar refractivity (Wildman–Crippen MR) is 63.9 cm³/mol. The summed E-state index contributed by atoms with van der Waals surface area (Å²) >= 11 is 6.99. The minimum atomic E-state index is -0.735. The summed E-state index contributed by atoms with van der Waals surface area (Å²) in [6, 6.07) is 2.63. The van der Waals surface area contributed by atoms with Crippen LogP contribution in [0.3, 0.4) is 0 Å². The first-order valence-corrected chi connectivity index (χ1v) is 5.84. The first-order chi connectivity index (χ1) is 7.59. The second-order valence-electron chi connectivity index (χ2n) is 3.36. The van der Waals surface area contributed by atoms with Gasteiger partial charge in [-0.3, -0.25) is 4.79 Å². The molecule has 0 fully saturated rings. The second kappa shape index (κ2) is 4.37. The monoisotopic (exact) mass is 255 g/mol. The number of H-pyrrole nitrogens is 1. The molecule has 2 aromatic heterocycles. The molecule has 0 bridgehead atoms. The van der Waals surface area contributed by atoms with Gasteiger partial charge < -0.3 is 10.7 Å². The minimum absolute atomic E-state index is 0.160. The molecule has 6 heteroatoms. The highest BCUT2D eigenvalue weighted by molar-refractivity contribution is 7.18. The molecule has 3 N–H and O–H groups in total. The summed E-state index contributed by atoms with van der Waals surface area (Å²) in [5.74, 6) is -0.160. The van der Waals surface area contributed by atoms with Crippen LogP contribution in [0.15, 0.2) is 18.5 Å². The SMILES string of the molecule is Cc1[nH]cnc1C(N)C(=O)c1ccc(Cl)s1. The van der Waals surface area contributed by atoms with E-state index in [1.165, 1.54) is 17.7 Å². The zero-order valence-electron chi connectivity index (χ0n) is 8.53. The van der Waals surface area contributed by atoms with Gasteiger partial charge in [-0.15, -0.1) is 11.3 Å². The molecule has 4 nitrogen and oxygen atoms in total. The number of Topliss-reactive ketones (excluding diaryl/α,β-unsaturated/α-hetero) is 1. The van der Waals surface area contributed by atoms with E-state index >= 15 is 0 Å². The Kier molecular flexibility index (Phi) is 3.09. The van der Waals surface area contributed by atoms with Crippen molar-refractivity contribution < 1.29 is 4.79 Å². The van der Waals surface area contributed by atoms with E-state index in [2.05, 4.69) is 9.97 Å². The number of carbonyl (C=O) groups is 1. The molecule has 84 valence electrons. The number of halogens is 1. The fraction of sp³-hybridized carbons (Fsp3) is 0.200. The molecule has 0 spiro atoms. The Morgan fingerprint density at radius 3 is 2.88 bits per heavy atom.